The summed E-state index contributed by atoms with van der Waals surface area (Å²) in [5.41, 5.74) is 0. The predicted molar refractivity (Wildman–Crippen MR) is 352 cm³/mol. The minimum Gasteiger partial charge on any atom is -0.462 e. The fourth-order valence-electron chi connectivity index (χ4n) is 7.72. The molecule has 6 heteroatoms. The van der Waals surface area contributed by atoms with Gasteiger partial charge in [0.2, 0.25) is 0 Å². The Morgan fingerprint density at radius 3 is 0.827 bits per heavy atom. The van der Waals surface area contributed by atoms with E-state index in [1.807, 2.05) is 18.2 Å². The number of rotatable bonds is 54. The van der Waals surface area contributed by atoms with Gasteiger partial charge in [-0.05, 0) is 135 Å². The van der Waals surface area contributed by atoms with Crippen LogP contribution in [-0.2, 0) is 28.6 Å². The molecule has 81 heavy (non-hydrogen) atoms. The van der Waals surface area contributed by atoms with Crippen LogP contribution < -0.4 is 0 Å². The van der Waals surface area contributed by atoms with Crippen molar-refractivity contribution in [2.24, 2.45) is 0 Å². The molecule has 1 atom stereocenters. The van der Waals surface area contributed by atoms with Gasteiger partial charge in [0.1, 0.15) is 13.2 Å². The first-order chi connectivity index (χ1) is 40.0. The Balaban J connectivity index is 4.35. The molecule has 0 rings (SSSR count). The van der Waals surface area contributed by atoms with E-state index in [0.717, 1.165) is 128 Å². The van der Waals surface area contributed by atoms with Crippen LogP contribution in [0.4, 0.5) is 0 Å². The van der Waals surface area contributed by atoms with Gasteiger partial charge in [-0.15, -0.1) is 0 Å². The highest BCUT2D eigenvalue weighted by atomic mass is 16.6. The third kappa shape index (κ3) is 64.7. The molecule has 0 saturated carbocycles. The number of hydrogen-bond donors (Lipinski definition) is 0. The van der Waals surface area contributed by atoms with Gasteiger partial charge in [0, 0.05) is 12.8 Å². The molecule has 0 amide bonds. The zero-order valence-corrected chi connectivity index (χ0v) is 51.2. The van der Waals surface area contributed by atoms with Gasteiger partial charge < -0.3 is 14.2 Å². The Morgan fingerprint density at radius 2 is 0.506 bits per heavy atom. The highest BCUT2D eigenvalue weighted by Crippen LogP contribution is 2.13. The largest absolute Gasteiger partial charge is 0.462 e. The van der Waals surface area contributed by atoms with Crippen molar-refractivity contribution in [2.45, 2.75) is 232 Å². The number of carbonyl (C=O) groups excluding carboxylic acids is 3. The SMILES string of the molecule is CC/C=C\C/C=C\C/C=C\C/C=C\C/C=C\C/C=C\C/C=C\C/C=C\CCCCCCCCCCCCC(=O)OCC(COC(=O)CC/C=C\C/C=C\C/C=C\C/C=C\CC)OC(=O)C/C=C\C/C=C\C/C=C\C/C=C\C/C=C\CC. The molecular formula is C75H112O6. The monoisotopic (exact) mass is 1110 g/mol. The second-order valence-electron chi connectivity index (χ2n) is 19.8. The van der Waals surface area contributed by atoms with E-state index in [1.165, 1.54) is 44.9 Å². The third-order valence-electron chi connectivity index (χ3n) is 12.3. The van der Waals surface area contributed by atoms with Gasteiger partial charge in [0.25, 0.3) is 0 Å². The molecule has 0 heterocycles. The summed E-state index contributed by atoms with van der Waals surface area (Å²) < 4.78 is 16.7. The average molecular weight is 1110 g/mol. The minimum atomic E-state index is -0.875. The maximum Gasteiger partial charge on any atom is 0.310 e. The number of hydrogen-bond acceptors (Lipinski definition) is 6. The van der Waals surface area contributed by atoms with E-state index in [2.05, 4.69) is 203 Å². The van der Waals surface area contributed by atoms with E-state index in [0.29, 0.717) is 19.3 Å². The summed E-state index contributed by atoms with van der Waals surface area (Å²) >= 11 is 0. The summed E-state index contributed by atoms with van der Waals surface area (Å²) in [5.74, 6) is -1.19. The number of unbranched alkanes of at least 4 members (excludes halogenated alkanes) is 10. The molecule has 6 nitrogen and oxygen atoms in total. The molecule has 0 aliphatic carbocycles. The molecule has 1 unspecified atom stereocenters. The van der Waals surface area contributed by atoms with Gasteiger partial charge in [-0.2, -0.15) is 0 Å². The molecule has 0 N–H and O–H groups in total. The van der Waals surface area contributed by atoms with Gasteiger partial charge in [-0.3, -0.25) is 14.4 Å². The molecule has 0 aliphatic heterocycles. The van der Waals surface area contributed by atoms with Crippen molar-refractivity contribution < 1.29 is 28.6 Å². The second-order valence-corrected chi connectivity index (χ2v) is 19.8. The first-order valence-corrected chi connectivity index (χ1v) is 31.6. The minimum absolute atomic E-state index is 0.0711. The first-order valence-electron chi connectivity index (χ1n) is 31.6. The van der Waals surface area contributed by atoms with Crippen LogP contribution in [0.1, 0.15) is 226 Å². The van der Waals surface area contributed by atoms with Crippen LogP contribution in [0.15, 0.2) is 207 Å². The van der Waals surface area contributed by atoms with E-state index >= 15 is 0 Å². The fraction of sp³-hybridized carbons (Fsp3) is 0.507. The van der Waals surface area contributed by atoms with Crippen molar-refractivity contribution in [2.75, 3.05) is 13.2 Å². The van der Waals surface area contributed by atoms with Crippen LogP contribution in [0.5, 0.6) is 0 Å². The summed E-state index contributed by atoms with van der Waals surface area (Å²) in [7, 11) is 0. The molecule has 0 saturated heterocycles. The lowest BCUT2D eigenvalue weighted by Crippen LogP contribution is -2.30. The van der Waals surface area contributed by atoms with Crippen molar-refractivity contribution >= 4 is 17.9 Å². The molecule has 0 spiro atoms. The first kappa shape index (κ1) is 75.0. The maximum atomic E-state index is 12.8. The molecule has 0 bridgehead atoms. The maximum absolute atomic E-state index is 12.8. The van der Waals surface area contributed by atoms with E-state index in [4.69, 9.17) is 14.2 Å². The average Bonchev–Trinajstić information content (AvgIpc) is 3.46. The quantitative estimate of drug-likeness (QED) is 0.0261. The third-order valence-corrected chi connectivity index (χ3v) is 12.3. The lowest BCUT2D eigenvalue weighted by molar-refractivity contribution is -0.166. The van der Waals surface area contributed by atoms with Gasteiger partial charge in [0.05, 0.1) is 6.42 Å². The van der Waals surface area contributed by atoms with Gasteiger partial charge in [-0.1, -0.05) is 279 Å². The van der Waals surface area contributed by atoms with Gasteiger partial charge in [-0.25, -0.2) is 0 Å². The van der Waals surface area contributed by atoms with E-state index in [-0.39, 0.29) is 38.0 Å². The highest BCUT2D eigenvalue weighted by Gasteiger charge is 2.19. The van der Waals surface area contributed by atoms with Crippen molar-refractivity contribution in [3.8, 4) is 0 Å². The van der Waals surface area contributed by atoms with Crippen LogP contribution >= 0.6 is 0 Å². The normalized spacial score (nSPS) is 13.6. The van der Waals surface area contributed by atoms with E-state index in [1.54, 1.807) is 6.08 Å². The van der Waals surface area contributed by atoms with Crippen LogP contribution in [-0.4, -0.2) is 37.2 Å². The summed E-state index contributed by atoms with van der Waals surface area (Å²) in [5, 5.41) is 0. The Bertz CT molecular complexity index is 2000. The van der Waals surface area contributed by atoms with Crippen LogP contribution in [0.3, 0.4) is 0 Å². The number of ether oxygens (including phenoxy) is 3. The molecule has 0 aromatic carbocycles. The van der Waals surface area contributed by atoms with Crippen LogP contribution in [0, 0.1) is 0 Å². The Kier molecular flexibility index (Phi) is 61.6. The number of esters is 3. The van der Waals surface area contributed by atoms with Crippen molar-refractivity contribution in [1.82, 2.24) is 0 Å². The zero-order valence-electron chi connectivity index (χ0n) is 51.2. The topological polar surface area (TPSA) is 78.9 Å². The summed E-state index contributed by atoms with van der Waals surface area (Å²) in [6.07, 6.45) is 103. The number of allylic oxidation sites excluding steroid dienone is 33. The molecule has 0 fully saturated rings. The highest BCUT2D eigenvalue weighted by molar-refractivity contribution is 5.72. The fourth-order valence-corrected chi connectivity index (χ4v) is 7.72. The van der Waals surface area contributed by atoms with Crippen LogP contribution in [0.2, 0.25) is 0 Å². The molecule has 0 aliphatic rings. The molecular weight excluding hydrogens is 997 g/mol. The Hall–Kier alpha value is -6.01. The summed E-state index contributed by atoms with van der Waals surface area (Å²) in [4.78, 5) is 38.1. The van der Waals surface area contributed by atoms with Crippen molar-refractivity contribution in [3.63, 3.8) is 0 Å². The summed E-state index contributed by atoms with van der Waals surface area (Å²) in [6, 6.07) is 0. The number of carbonyl (C=O) groups is 3. The standard InChI is InChI=1S/C75H112O6/c1-4-7-10-13-16-19-22-25-27-28-29-30-31-32-33-34-35-36-37-38-39-40-41-42-43-44-45-46-48-50-53-56-59-62-65-68-74(77)80-71-72(70-79-73(76)67-64-61-58-55-52-49-24-21-18-15-12-9-6-3)81-75(78)69-66-63-60-57-54-51-47-26-23-20-17-14-11-8-5-2/h7-12,16-21,25-27,29-30,32-33,35-36,38-39,41-42,47,49,52,54,57-58,61,63,66,72H,4-6,13-15,22-24,28,31,34,37,40,43-46,48,50-51,53,55-56,59-60,62,64-65,67-71H2,1-3H3/b10-7-,11-8-,12-9-,19-16-,20-17-,21-18-,27-25-,30-29-,33-32-,36-35-,39-38-,42-41-,47-26-,52-49-,57-54-,61-58-,66-63-. The molecule has 0 aromatic heterocycles. The van der Waals surface area contributed by atoms with E-state index < -0.39 is 12.1 Å². The molecule has 448 valence electrons. The zero-order chi connectivity index (χ0) is 58.5. The molecule has 0 radical (unpaired) electrons. The van der Waals surface area contributed by atoms with Gasteiger partial charge in [0.15, 0.2) is 6.10 Å². The van der Waals surface area contributed by atoms with Crippen molar-refractivity contribution in [3.05, 3.63) is 207 Å². The smallest absolute Gasteiger partial charge is 0.310 e. The Labute approximate surface area is 496 Å². The lowest BCUT2D eigenvalue weighted by Gasteiger charge is -2.18. The van der Waals surface area contributed by atoms with Gasteiger partial charge >= 0.3 is 17.9 Å². The van der Waals surface area contributed by atoms with E-state index in [9.17, 15) is 14.4 Å². The second kappa shape index (κ2) is 66.5. The Morgan fingerprint density at radius 1 is 0.259 bits per heavy atom. The van der Waals surface area contributed by atoms with Crippen molar-refractivity contribution in [1.29, 1.82) is 0 Å². The molecule has 0 aromatic rings. The summed E-state index contributed by atoms with van der Waals surface area (Å²) in [6.45, 7) is 6.12. The predicted octanol–water partition coefficient (Wildman–Crippen LogP) is 22.0. The lowest BCUT2D eigenvalue weighted by atomic mass is 10.1. The van der Waals surface area contributed by atoms with Crippen LogP contribution in [0.25, 0.3) is 0 Å².